The third kappa shape index (κ3) is 3.87. The van der Waals surface area contributed by atoms with Crippen molar-refractivity contribution in [1.82, 2.24) is 24.6 Å². The Labute approximate surface area is 160 Å². The number of hydrogen-bond acceptors (Lipinski definition) is 6. The number of carbonyl (C=O) groups excluding carboxylic acids is 1. The summed E-state index contributed by atoms with van der Waals surface area (Å²) in [5.41, 5.74) is 1.50. The van der Waals surface area contributed by atoms with Crippen molar-refractivity contribution in [3.05, 3.63) is 45.9 Å². The summed E-state index contributed by atoms with van der Waals surface area (Å²) in [6, 6.07) is 4.29. The molecule has 1 amide bonds. The van der Waals surface area contributed by atoms with Crippen LogP contribution in [-0.2, 0) is 13.5 Å². The van der Waals surface area contributed by atoms with Crippen LogP contribution in [0.15, 0.2) is 35.3 Å². The molecule has 3 aromatic heterocycles. The van der Waals surface area contributed by atoms with E-state index >= 15 is 0 Å². The molecular weight excluding hydrogens is 366 g/mol. The number of aryl methyl sites for hydroxylation is 1. The average molecular weight is 388 g/mol. The van der Waals surface area contributed by atoms with Crippen LogP contribution in [0.3, 0.4) is 0 Å². The summed E-state index contributed by atoms with van der Waals surface area (Å²) in [6.45, 7) is 4.45. The normalized spacial score (nSPS) is 15.5. The summed E-state index contributed by atoms with van der Waals surface area (Å²) in [6.07, 6.45) is 4.78. The fourth-order valence-corrected chi connectivity index (χ4v) is 4.56. The lowest BCUT2D eigenvalue weighted by atomic mass is 10.2. The SMILES string of the molecule is Cn1cc(-c2nc(C(=O)N3CCN(CCc4cccs4)CC3)cs2)cn1. The minimum atomic E-state index is 0.0364. The Bertz CT molecular complexity index is 862. The molecule has 0 N–H and O–H groups in total. The van der Waals surface area contributed by atoms with Crippen molar-refractivity contribution in [2.24, 2.45) is 7.05 Å². The van der Waals surface area contributed by atoms with Gasteiger partial charge in [-0.15, -0.1) is 22.7 Å². The van der Waals surface area contributed by atoms with Crippen molar-refractivity contribution in [3.8, 4) is 10.6 Å². The zero-order valence-corrected chi connectivity index (χ0v) is 16.3. The summed E-state index contributed by atoms with van der Waals surface area (Å²) >= 11 is 3.31. The molecule has 0 bridgehead atoms. The lowest BCUT2D eigenvalue weighted by Crippen LogP contribution is -2.49. The molecule has 0 aromatic carbocycles. The number of piperazine rings is 1. The van der Waals surface area contributed by atoms with Crippen LogP contribution in [0, 0.1) is 0 Å². The Kier molecular flexibility index (Phi) is 5.14. The second kappa shape index (κ2) is 7.69. The predicted molar refractivity (Wildman–Crippen MR) is 105 cm³/mol. The minimum absolute atomic E-state index is 0.0364. The molecule has 4 heterocycles. The highest BCUT2D eigenvalue weighted by molar-refractivity contribution is 7.13. The first-order chi connectivity index (χ1) is 12.7. The van der Waals surface area contributed by atoms with Gasteiger partial charge in [0, 0.05) is 61.8 Å². The van der Waals surface area contributed by atoms with Gasteiger partial charge in [-0.3, -0.25) is 14.4 Å². The van der Waals surface area contributed by atoms with Gasteiger partial charge in [-0.2, -0.15) is 5.10 Å². The molecule has 3 aromatic rings. The summed E-state index contributed by atoms with van der Waals surface area (Å²) in [7, 11) is 1.88. The van der Waals surface area contributed by atoms with E-state index in [0.29, 0.717) is 5.69 Å². The van der Waals surface area contributed by atoms with Crippen LogP contribution in [0.4, 0.5) is 0 Å². The number of thiophene rings is 1. The number of rotatable bonds is 5. The van der Waals surface area contributed by atoms with Gasteiger partial charge in [0.15, 0.2) is 0 Å². The number of carbonyl (C=O) groups is 1. The van der Waals surface area contributed by atoms with E-state index in [9.17, 15) is 4.79 Å². The molecule has 6 nitrogen and oxygen atoms in total. The van der Waals surface area contributed by atoms with E-state index < -0.39 is 0 Å². The Morgan fingerprint density at radius 1 is 1.23 bits per heavy atom. The molecule has 0 spiro atoms. The highest BCUT2D eigenvalue weighted by Crippen LogP contribution is 2.24. The number of amides is 1. The Morgan fingerprint density at radius 3 is 2.77 bits per heavy atom. The molecule has 0 atom stereocenters. The number of aromatic nitrogens is 3. The highest BCUT2D eigenvalue weighted by atomic mass is 32.1. The third-order valence-corrected chi connectivity index (χ3v) is 6.42. The first kappa shape index (κ1) is 17.4. The lowest BCUT2D eigenvalue weighted by Gasteiger charge is -2.34. The zero-order valence-electron chi connectivity index (χ0n) is 14.7. The van der Waals surface area contributed by atoms with Crippen LogP contribution in [0.25, 0.3) is 10.6 Å². The van der Waals surface area contributed by atoms with Crippen LogP contribution in [0.5, 0.6) is 0 Å². The van der Waals surface area contributed by atoms with E-state index in [1.165, 1.54) is 16.2 Å². The molecular formula is C18H21N5OS2. The minimum Gasteiger partial charge on any atom is -0.335 e. The van der Waals surface area contributed by atoms with E-state index in [-0.39, 0.29) is 5.91 Å². The fraction of sp³-hybridized carbons (Fsp3) is 0.389. The van der Waals surface area contributed by atoms with Crippen molar-refractivity contribution < 1.29 is 4.79 Å². The van der Waals surface area contributed by atoms with E-state index in [1.54, 1.807) is 10.9 Å². The fourth-order valence-electron chi connectivity index (χ4n) is 3.10. The van der Waals surface area contributed by atoms with Crippen molar-refractivity contribution in [2.75, 3.05) is 32.7 Å². The Balaban J connectivity index is 1.31. The smallest absolute Gasteiger partial charge is 0.273 e. The molecule has 0 radical (unpaired) electrons. The zero-order chi connectivity index (χ0) is 17.9. The van der Waals surface area contributed by atoms with Crippen LogP contribution in [-0.4, -0.2) is 63.2 Å². The molecule has 1 fully saturated rings. The van der Waals surface area contributed by atoms with Gasteiger partial charge in [0.25, 0.3) is 5.91 Å². The first-order valence-electron chi connectivity index (χ1n) is 8.67. The van der Waals surface area contributed by atoms with E-state index in [2.05, 4.69) is 32.5 Å². The van der Waals surface area contributed by atoms with E-state index in [4.69, 9.17) is 0 Å². The van der Waals surface area contributed by atoms with Gasteiger partial charge in [-0.05, 0) is 17.9 Å². The number of hydrogen-bond donors (Lipinski definition) is 0. The maximum absolute atomic E-state index is 12.7. The Hall–Kier alpha value is -2.03. The third-order valence-electron chi connectivity index (χ3n) is 4.59. The molecule has 0 aliphatic carbocycles. The monoisotopic (exact) mass is 387 g/mol. The van der Waals surface area contributed by atoms with Gasteiger partial charge in [-0.25, -0.2) is 4.98 Å². The summed E-state index contributed by atoms with van der Waals surface area (Å²) in [4.78, 5) is 23.0. The molecule has 1 saturated heterocycles. The molecule has 0 saturated carbocycles. The second-order valence-electron chi connectivity index (χ2n) is 6.40. The van der Waals surface area contributed by atoms with Crippen LogP contribution in [0.2, 0.25) is 0 Å². The molecule has 26 heavy (non-hydrogen) atoms. The maximum Gasteiger partial charge on any atom is 0.273 e. The van der Waals surface area contributed by atoms with E-state index in [1.807, 2.05) is 34.9 Å². The van der Waals surface area contributed by atoms with Gasteiger partial charge in [0.2, 0.25) is 0 Å². The van der Waals surface area contributed by atoms with Crippen LogP contribution >= 0.6 is 22.7 Å². The topological polar surface area (TPSA) is 54.3 Å². The van der Waals surface area contributed by atoms with Crippen LogP contribution in [0.1, 0.15) is 15.4 Å². The van der Waals surface area contributed by atoms with Gasteiger partial charge in [-0.1, -0.05) is 6.07 Å². The molecule has 1 aliphatic heterocycles. The molecule has 136 valence electrons. The van der Waals surface area contributed by atoms with Crippen molar-refractivity contribution >= 4 is 28.6 Å². The van der Waals surface area contributed by atoms with Gasteiger partial charge >= 0.3 is 0 Å². The van der Waals surface area contributed by atoms with E-state index in [0.717, 1.165) is 49.7 Å². The van der Waals surface area contributed by atoms with Gasteiger partial charge in [0.05, 0.1) is 6.20 Å². The lowest BCUT2D eigenvalue weighted by molar-refractivity contribution is 0.0634. The highest BCUT2D eigenvalue weighted by Gasteiger charge is 2.24. The first-order valence-corrected chi connectivity index (χ1v) is 10.4. The standard InChI is InChI=1S/C18H21N5OS2/c1-21-12-14(11-19-21)17-20-16(13-26-17)18(24)23-8-6-22(7-9-23)5-4-15-3-2-10-25-15/h2-3,10-13H,4-9H2,1H3. The van der Waals surface area contributed by atoms with Gasteiger partial charge < -0.3 is 4.90 Å². The van der Waals surface area contributed by atoms with Crippen LogP contribution < -0.4 is 0 Å². The Morgan fingerprint density at radius 2 is 2.08 bits per heavy atom. The molecule has 0 unspecified atom stereocenters. The summed E-state index contributed by atoms with van der Waals surface area (Å²) in [5, 5.41) is 8.99. The summed E-state index contributed by atoms with van der Waals surface area (Å²) in [5.74, 6) is 0.0364. The van der Waals surface area contributed by atoms with Crippen molar-refractivity contribution in [1.29, 1.82) is 0 Å². The quantitative estimate of drug-likeness (QED) is 0.675. The second-order valence-corrected chi connectivity index (χ2v) is 8.29. The molecule has 4 rings (SSSR count). The molecule has 8 heteroatoms. The average Bonchev–Trinajstić information content (AvgIpc) is 3.41. The number of nitrogens with zero attached hydrogens (tertiary/aromatic N) is 5. The largest absolute Gasteiger partial charge is 0.335 e. The maximum atomic E-state index is 12.7. The number of thiazole rings is 1. The van der Waals surface area contributed by atoms with Gasteiger partial charge in [0.1, 0.15) is 10.7 Å². The summed E-state index contributed by atoms with van der Waals surface area (Å²) < 4.78 is 1.74. The van der Waals surface area contributed by atoms with Crippen molar-refractivity contribution in [2.45, 2.75) is 6.42 Å². The molecule has 1 aliphatic rings. The van der Waals surface area contributed by atoms with Crippen molar-refractivity contribution in [3.63, 3.8) is 0 Å². The predicted octanol–water partition coefficient (Wildman–Crippen LogP) is 2.61.